The van der Waals surface area contributed by atoms with Crippen molar-refractivity contribution in [3.05, 3.63) is 47.7 Å². The van der Waals surface area contributed by atoms with E-state index < -0.39 is 11.6 Å². The zero-order chi connectivity index (χ0) is 30.4. The van der Waals surface area contributed by atoms with Gasteiger partial charge in [-0.05, 0) is 49.9 Å². The summed E-state index contributed by atoms with van der Waals surface area (Å²) >= 11 is 0. The average molecular weight is 600 g/mol. The maximum absolute atomic E-state index is 16.6. The number of hydrogen-bond acceptors (Lipinski definition) is 9. The van der Waals surface area contributed by atoms with E-state index in [-0.39, 0.29) is 34.1 Å². The van der Waals surface area contributed by atoms with E-state index in [0.717, 1.165) is 65.1 Å². The van der Waals surface area contributed by atoms with E-state index in [4.69, 9.17) is 16.1 Å². The molecule has 44 heavy (non-hydrogen) atoms. The molecule has 3 fully saturated rings. The summed E-state index contributed by atoms with van der Waals surface area (Å²) in [5, 5.41) is 15.3. The topological polar surface area (TPSA) is 89.9 Å². The minimum atomic E-state index is -0.717. The Morgan fingerprint density at radius 3 is 2.61 bits per heavy atom. The highest BCUT2D eigenvalue weighted by Crippen LogP contribution is 2.39. The van der Waals surface area contributed by atoms with Crippen LogP contribution in [-0.2, 0) is 0 Å². The number of anilines is 1. The third-order valence-electron chi connectivity index (χ3n) is 9.06. The number of nitrogens with zero attached hydrogens (tertiary/aromatic N) is 6. The molecule has 0 radical (unpaired) electrons. The van der Waals surface area contributed by atoms with E-state index in [9.17, 15) is 9.50 Å². The number of fused-ring (bicyclic) bond motifs is 4. The first-order chi connectivity index (χ1) is 21.4. The van der Waals surface area contributed by atoms with Crippen LogP contribution in [0.5, 0.6) is 11.8 Å². The molecule has 9 nitrogen and oxygen atoms in total. The first-order valence-corrected chi connectivity index (χ1v) is 15.2. The third-order valence-corrected chi connectivity index (χ3v) is 9.06. The van der Waals surface area contributed by atoms with Gasteiger partial charge in [0.25, 0.3) is 0 Å². The molecular formula is C33H35F2N7O2. The molecule has 7 rings (SSSR count). The fourth-order valence-corrected chi connectivity index (χ4v) is 6.76. The van der Waals surface area contributed by atoms with Crippen molar-refractivity contribution in [2.45, 2.75) is 31.3 Å². The summed E-state index contributed by atoms with van der Waals surface area (Å²) in [6.45, 7) is 6.90. The summed E-state index contributed by atoms with van der Waals surface area (Å²) in [4.78, 5) is 20.7. The summed E-state index contributed by atoms with van der Waals surface area (Å²) in [7, 11) is 2.13. The van der Waals surface area contributed by atoms with E-state index in [1.54, 1.807) is 6.20 Å². The lowest BCUT2D eigenvalue weighted by atomic mass is 9.96. The van der Waals surface area contributed by atoms with Crippen molar-refractivity contribution in [3.63, 3.8) is 0 Å². The van der Waals surface area contributed by atoms with Gasteiger partial charge < -0.3 is 29.9 Å². The zero-order valence-corrected chi connectivity index (χ0v) is 24.7. The van der Waals surface area contributed by atoms with Gasteiger partial charge in [-0.2, -0.15) is 9.97 Å². The number of aromatic hydroxyl groups is 1. The summed E-state index contributed by atoms with van der Waals surface area (Å²) in [5.41, 5.74) is 0.117. The number of piperazine rings is 2. The lowest BCUT2D eigenvalue weighted by Gasteiger charge is -2.34. The standard InChI is InChI=1S/C33H35F2N7O2/c1-3-24-27(34)8-5-20-15-23(43)16-25(28(20)24)30-29(35)31-26(17-36-30)32(42-18-21-6-7-22(19-42)37-21)39-33(38-31)44-14-4-9-41-12-10-40(2)11-13-41/h1,5,8,15-17,21-22,37,43H,4,6-7,9-14,18-19H2,2H3. The van der Waals surface area contributed by atoms with Gasteiger partial charge in [-0.3, -0.25) is 4.98 Å². The van der Waals surface area contributed by atoms with Crippen molar-refractivity contribution >= 4 is 27.5 Å². The van der Waals surface area contributed by atoms with Gasteiger partial charge >= 0.3 is 6.01 Å². The number of rotatable bonds is 7. The van der Waals surface area contributed by atoms with E-state index in [2.05, 4.69) is 43.0 Å². The molecule has 3 aliphatic rings. The molecule has 3 aliphatic heterocycles. The van der Waals surface area contributed by atoms with Crippen LogP contribution in [-0.4, -0.2) is 101 Å². The Hall–Kier alpha value is -4.11. The summed E-state index contributed by atoms with van der Waals surface area (Å²) < 4.78 is 37.5. The second kappa shape index (κ2) is 11.8. The highest BCUT2D eigenvalue weighted by atomic mass is 19.1. The summed E-state index contributed by atoms with van der Waals surface area (Å²) in [6.07, 6.45) is 10.2. The fourth-order valence-electron chi connectivity index (χ4n) is 6.76. The quantitative estimate of drug-likeness (QED) is 0.244. The highest BCUT2D eigenvalue weighted by Gasteiger charge is 2.34. The lowest BCUT2D eigenvalue weighted by molar-refractivity contribution is 0.144. The van der Waals surface area contributed by atoms with Crippen LogP contribution in [0.4, 0.5) is 14.6 Å². The Morgan fingerprint density at radius 2 is 1.86 bits per heavy atom. The molecule has 2 N–H and O–H groups in total. The number of benzene rings is 2. The van der Waals surface area contributed by atoms with Crippen LogP contribution in [0.1, 0.15) is 24.8 Å². The van der Waals surface area contributed by atoms with Crippen LogP contribution >= 0.6 is 0 Å². The van der Waals surface area contributed by atoms with Gasteiger partial charge in [0.1, 0.15) is 28.6 Å². The van der Waals surface area contributed by atoms with Crippen LogP contribution in [0.25, 0.3) is 32.9 Å². The smallest absolute Gasteiger partial charge is 0.319 e. The number of hydrogen-bond donors (Lipinski definition) is 2. The van der Waals surface area contributed by atoms with Crippen molar-refractivity contribution in [2.75, 3.05) is 64.4 Å². The second-order valence-electron chi connectivity index (χ2n) is 12.1. The predicted octanol–water partition coefficient (Wildman–Crippen LogP) is 3.77. The Kier molecular flexibility index (Phi) is 7.66. The second-order valence-corrected chi connectivity index (χ2v) is 12.1. The van der Waals surface area contributed by atoms with Gasteiger partial charge in [0.2, 0.25) is 0 Å². The Labute approximate surface area is 254 Å². The molecule has 3 saturated heterocycles. The SMILES string of the molecule is C#Cc1c(F)ccc2cc(O)cc(-c3ncc4c(N5CC6CCC(C5)N6)nc(OCCCN5CCN(C)CC5)nc4c3F)c12. The molecule has 4 aromatic rings. The van der Waals surface area contributed by atoms with Gasteiger partial charge in [0, 0.05) is 75.0 Å². The van der Waals surface area contributed by atoms with E-state index >= 15 is 4.39 Å². The number of terminal acetylenes is 1. The highest BCUT2D eigenvalue weighted by molar-refractivity contribution is 6.03. The molecule has 0 amide bonds. The van der Waals surface area contributed by atoms with Crippen molar-refractivity contribution in [1.29, 1.82) is 0 Å². The largest absolute Gasteiger partial charge is 0.508 e. The number of pyridine rings is 1. The fraction of sp³-hybridized carbons (Fsp3) is 0.424. The van der Waals surface area contributed by atoms with Crippen LogP contribution < -0.4 is 15.0 Å². The number of aromatic nitrogens is 3. The van der Waals surface area contributed by atoms with Crippen LogP contribution in [0.2, 0.25) is 0 Å². The Morgan fingerprint density at radius 1 is 1.09 bits per heavy atom. The molecule has 0 spiro atoms. The average Bonchev–Trinajstić information content (AvgIpc) is 3.37. The number of halogens is 2. The van der Waals surface area contributed by atoms with Gasteiger partial charge in [0.05, 0.1) is 17.6 Å². The van der Waals surface area contributed by atoms with Crippen molar-refractivity contribution in [3.8, 4) is 35.4 Å². The van der Waals surface area contributed by atoms with Crippen molar-refractivity contribution in [2.24, 2.45) is 0 Å². The lowest BCUT2D eigenvalue weighted by Crippen LogP contribution is -2.51. The zero-order valence-electron chi connectivity index (χ0n) is 24.7. The molecule has 2 aromatic heterocycles. The van der Waals surface area contributed by atoms with E-state index in [1.807, 2.05) is 0 Å². The number of ether oxygens (including phenoxy) is 1. The van der Waals surface area contributed by atoms with Gasteiger partial charge in [-0.25, -0.2) is 8.78 Å². The van der Waals surface area contributed by atoms with Gasteiger partial charge in [-0.1, -0.05) is 12.0 Å². The number of likely N-dealkylation sites (N-methyl/N-ethyl adjacent to an activating group) is 1. The van der Waals surface area contributed by atoms with Crippen molar-refractivity contribution < 1.29 is 18.6 Å². The molecule has 228 valence electrons. The first-order valence-electron chi connectivity index (χ1n) is 15.2. The predicted molar refractivity (Wildman–Crippen MR) is 166 cm³/mol. The number of phenols is 1. The Balaban J connectivity index is 1.28. The maximum atomic E-state index is 16.6. The third kappa shape index (κ3) is 5.38. The number of nitrogens with one attached hydrogen (secondary N) is 1. The molecule has 2 unspecified atom stereocenters. The summed E-state index contributed by atoms with van der Waals surface area (Å²) in [6, 6.07) is 6.32. The molecule has 2 aromatic carbocycles. The molecule has 2 atom stereocenters. The van der Waals surface area contributed by atoms with Crippen LogP contribution in [0.3, 0.4) is 0 Å². The molecule has 5 heterocycles. The minimum Gasteiger partial charge on any atom is -0.508 e. The number of phenolic OH excluding ortho intramolecular Hbond substituents is 1. The monoisotopic (exact) mass is 599 g/mol. The molecule has 11 heteroatoms. The normalized spacial score (nSPS) is 20.8. The molecular weight excluding hydrogens is 564 g/mol. The van der Waals surface area contributed by atoms with Crippen molar-refractivity contribution in [1.82, 2.24) is 30.1 Å². The first kappa shape index (κ1) is 28.6. The van der Waals surface area contributed by atoms with Gasteiger partial charge in [0.15, 0.2) is 5.82 Å². The van der Waals surface area contributed by atoms with E-state index in [1.165, 1.54) is 24.3 Å². The molecule has 0 aliphatic carbocycles. The minimum absolute atomic E-state index is 0.0251. The van der Waals surface area contributed by atoms with Gasteiger partial charge in [-0.15, -0.1) is 6.42 Å². The Bertz CT molecular complexity index is 1760. The maximum Gasteiger partial charge on any atom is 0.319 e. The van der Waals surface area contributed by atoms with E-state index in [0.29, 0.717) is 40.7 Å². The van der Waals surface area contributed by atoms with Crippen LogP contribution in [0.15, 0.2) is 30.5 Å². The molecule has 2 bridgehead atoms. The summed E-state index contributed by atoms with van der Waals surface area (Å²) in [5.74, 6) is 1.52. The van der Waals surface area contributed by atoms with Crippen LogP contribution in [0, 0.1) is 24.0 Å². The molecule has 0 saturated carbocycles.